The molecule has 0 spiro atoms. The molecule has 0 unspecified atom stereocenters. The largest absolute Gasteiger partial charge is 0.273 e. The molecule has 5 heteroatoms. The lowest BCUT2D eigenvalue weighted by atomic mass is 10.1. The van der Waals surface area contributed by atoms with Crippen LogP contribution < -0.4 is 4.90 Å². The number of amidine groups is 1. The molecule has 1 amide bonds. The lowest BCUT2D eigenvalue weighted by molar-refractivity contribution is -0.116. The number of hydrogen-bond acceptors (Lipinski definition) is 4. The van der Waals surface area contributed by atoms with Crippen LogP contribution in [-0.4, -0.2) is 22.5 Å². The Labute approximate surface area is 175 Å². The monoisotopic (exact) mass is 399 g/mol. The van der Waals surface area contributed by atoms with Crippen molar-refractivity contribution in [2.24, 2.45) is 10.2 Å². The van der Waals surface area contributed by atoms with Crippen LogP contribution in [0.4, 0.5) is 5.69 Å². The van der Waals surface area contributed by atoms with Crippen LogP contribution in [0.3, 0.4) is 0 Å². The summed E-state index contributed by atoms with van der Waals surface area (Å²) < 4.78 is 0. The van der Waals surface area contributed by atoms with Crippen LogP contribution in [0.5, 0.6) is 0 Å². The number of anilines is 1. The van der Waals surface area contributed by atoms with Crippen LogP contribution in [0.15, 0.2) is 95.1 Å². The van der Waals surface area contributed by atoms with Crippen LogP contribution in [0.25, 0.3) is 0 Å². The van der Waals surface area contributed by atoms with Crippen molar-refractivity contribution in [1.29, 1.82) is 0 Å². The molecule has 0 N–H and O–H groups in total. The van der Waals surface area contributed by atoms with E-state index >= 15 is 0 Å². The van der Waals surface area contributed by atoms with Crippen molar-refractivity contribution in [2.45, 2.75) is 18.6 Å². The van der Waals surface area contributed by atoms with Crippen LogP contribution in [-0.2, 0) is 11.2 Å². The summed E-state index contributed by atoms with van der Waals surface area (Å²) in [6.45, 7) is 2.06. The van der Waals surface area contributed by atoms with E-state index in [0.29, 0.717) is 11.6 Å². The first-order valence-electron chi connectivity index (χ1n) is 9.48. The Morgan fingerprint density at radius 1 is 0.931 bits per heavy atom. The number of hydrogen-bond donors (Lipinski definition) is 0. The Balaban J connectivity index is 1.60. The average molecular weight is 400 g/mol. The van der Waals surface area contributed by atoms with Crippen molar-refractivity contribution in [3.63, 3.8) is 0 Å². The summed E-state index contributed by atoms with van der Waals surface area (Å²) in [4.78, 5) is 14.9. The Morgan fingerprint density at radius 3 is 2.28 bits per heavy atom. The maximum absolute atomic E-state index is 13.2. The number of benzene rings is 3. The van der Waals surface area contributed by atoms with Gasteiger partial charge in [-0.25, -0.2) is 0 Å². The fraction of sp³-hybridized carbons (Fsp3) is 0.125. The van der Waals surface area contributed by atoms with Gasteiger partial charge in [0, 0.05) is 0 Å². The zero-order chi connectivity index (χ0) is 20.1. The summed E-state index contributed by atoms with van der Waals surface area (Å²) >= 11 is 1.47. The molecule has 29 heavy (non-hydrogen) atoms. The van der Waals surface area contributed by atoms with Gasteiger partial charge in [0.15, 0.2) is 5.17 Å². The Hall–Kier alpha value is -3.18. The first-order chi connectivity index (χ1) is 14.2. The van der Waals surface area contributed by atoms with Crippen molar-refractivity contribution in [3.05, 3.63) is 102 Å². The first kappa shape index (κ1) is 19.2. The van der Waals surface area contributed by atoms with Gasteiger partial charge in [0.25, 0.3) is 0 Å². The third-order valence-electron chi connectivity index (χ3n) is 4.64. The molecule has 0 aromatic heterocycles. The summed E-state index contributed by atoms with van der Waals surface area (Å²) in [5.74, 6) is 0.0374. The van der Waals surface area contributed by atoms with Crippen molar-refractivity contribution >= 4 is 34.7 Å². The molecule has 3 aromatic rings. The smallest absolute Gasteiger partial charge is 0.247 e. The fourth-order valence-electron chi connectivity index (χ4n) is 3.10. The second-order valence-corrected chi connectivity index (χ2v) is 8.01. The lowest BCUT2D eigenvalue weighted by Gasteiger charge is -2.15. The highest BCUT2D eigenvalue weighted by Crippen LogP contribution is 2.33. The predicted octanol–water partition coefficient (Wildman–Crippen LogP) is 5.08. The number of aryl methyl sites for hydroxylation is 1. The van der Waals surface area contributed by atoms with Gasteiger partial charge in [-0.15, -0.1) is 5.10 Å². The standard InChI is InChI=1S/C24H21N3OS/c1-18-12-14-19(15-13-18)16-22-23(28)27(21-10-6-3-7-11-21)24(29-22)26-25-17-20-8-4-2-5-9-20/h2-15,17,22H,16H2,1H3/b25-17-,26-24+/t22-/m1/s1. The molecule has 3 aromatic carbocycles. The molecule has 0 saturated carbocycles. The Morgan fingerprint density at radius 2 is 1.59 bits per heavy atom. The summed E-state index contributed by atoms with van der Waals surface area (Å²) in [6, 6.07) is 27.7. The van der Waals surface area contributed by atoms with E-state index in [1.807, 2.05) is 60.7 Å². The average Bonchev–Trinajstić information content (AvgIpc) is 3.06. The molecule has 144 valence electrons. The number of carbonyl (C=O) groups is 1. The molecular weight excluding hydrogens is 378 g/mol. The van der Waals surface area contributed by atoms with E-state index in [2.05, 4.69) is 41.4 Å². The normalized spacial score (nSPS) is 18.1. The summed E-state index contributed by atoms with van der Waals surface area (Å²) in [7, 11) is 0. The number of para-hydroxylation sites is 1. The van der Waals surface area contributed by atoms with Gasteiger partial charge in [0.2, 0.25) is 5.91 Å². The number of carbonyl (C=O) groups excluding carboxylic acids is 1. The van der Waals surface area contributed by atoms with E-state index < -0.39 is 0 Å². The van der Waals surface area contributed by atoms with Gasteiger partial charge in [-0.05, 0) is 36.6 Å². The summed E-state index contributed by atoms with van der Waals surface area (Å²) in [5, 5.41) is 9.01. The summed E-state index contributed by atoms with van der Waals surface area (Å²) in [6.07, 6.45) is 2.36. The van der Waals surface area contributed by atoms with E-state index in [9.17, 15) is 4.79 Å². The molecule has 1 saturated heterocycles. The van der Waals surface area contributed by atoms with Crippen molar-refractivity contribution in [2.75, 3.05) is 4.90 Å². The number of nitrogens with zero attached hydrogens (tertiary/aromatic N) is 3. The third-order valence-corrected chi connectivity index (χ3v) is 5.77. The number of amides is 1. The minimum atomic E-state index is -0.219. The SMILES string of the molecule is Cc1ccc(C[C@H]2S/C(=N/N=C\c3ccccc3)N(c3ccccc3)C2=O)cc1. The second kappa shape index (κ2) is 8.88. The quantitative estimate of drug-likeness (QED) is 0.444. The van der Waals surface area contributed by atoms with Crippen LogP contribution in [0.2, 0.25) is 0 Å². The molecule has 0 aliphatic carbocycles. The van der Waals surface area contributed by atoms with E-state index in [-0.39, 0.29) is 11.2 Å². The highest BCUT2D eigenvalue weighted by molar-refractivity contribution is 8.16. The van der Waals surface area contributed by atoms with Crippen LogP contribution >= 0.6 is 11.8 Å². The minimum Gasteiger partial charge on any atom is -0.273 e. The van der Waals surface area contributed by atoms with Gasteiger partial charge >= 0.3 is 0 Å². The highest BCUT2D eigenvalue weighted by Gasteiger charge is 2.39. The van der Waals surface area contributed by atoms with E-state index in [4.69, 9.17) is 0 Å². The molecule has 0 radical (unpaired) electrons. The van der Waals surface area contributed by atoms with Crippen LogP contribution in [0.1, 0.15) is 16.7 Å². The molecule has 4 rings (SSSR count). The lowest BCUT2D eigenvalue weighted by Crippen LogP contribution is -2.32. The minimum absolute atomic E-state index is 0.0374. The third kappa shape index (κ3) is 4.63. The maximum Gasteiger partial charge on any atom is 0.247 e. The Kier molecular flexibility index (Phi) is 5.86. The molecule has 1 fully saturated rings. The van der Waals surface area contributed by atoms with Gasteiger partial charge in [-0.1, -0.05) is 90.1 Å². The van der Waals surface area contributed by atoms with Crippen molar-refractivity contribution in [3.8, 4) is 0 Å². The maximum atomic E-state index is 13.2. The van der Waals surface area contributed by atoms with E-state index in [1.165, 1.54) is 17.3 Å². The van der Waals surface area contributed by atoms with Gasteiger partial charge < -0.3 is 0 Å². The fourth-order valence-corrected chi connectivity index (χ4v) is 4.23. The van der Waals surface area contributed by atoms with Crippen molar-refractivity contribution < 1.29 is 4.79 Å². The molecular formula is C24H21N3OS. The molecule has 0 bridgehead atoms. The molecule has 1 aliphatic rings. The van der Waals surface area contributed by atoms with Gasteiger partial charge in [-0.3, -0.25) is 9.69 Å². The number of thioether (sulfide) groups is 1. The molecule has 1 aliphatic heterocycles. The van der Waals surface area contributed by atoms with E-state index in [0.717, 1.165) is 16.8 Å². The van der Waals surface area contributed by atoms with Gasteiger partial charge in [0.05, 0.1) is 17.2 Å². The summed E-state index contributed by atoms with van der Waals surface area (Å²) in [5.41, 5.74) is 4.13. The molecule has 1 atom stereocenters. The molecule has 4 nitrogen and oxygen atoms in total. The number of rotatable bonds is 5. The zero-order valence-corrected chi connectivity index (χ0v) is 16.9. The van der Waals surface area contributed by atoms with Crippen LogP contribution in [0, 0.1) is 6.92 Å². The first-order valence-corrected chi connectivity index (χ1v) is 10.4. The predicted molar refractivity (Wildman–Crippen MR) is 122 cm³/mol. The van der Waals surface area contributed by atoms with Crippen molar-refractivity contribution in [1.82, 2.24) is 0 Å². The van der Waals surface area contributed by atoms with Gasteiger partial charge in [-0.2, -0.15) is 5.10 Å². The zero-order valence-electron chi connectivity index (χ0n) is 16.1. The highest BCUT2D eigenvalue weighted by atomic mass is 32.2. The topological polar surface area (TPSA) is 45.0 Å². The second-order valence-electron chi connectivity index (χ2n) is 6.84. The Bertz CT molecular complexity index is 1030. The molecule has 1 heterocycles. The van der Waals surface area contributed by atoms with Gasteiger partial charge in [0.1, 0.15) is 0 Å². The van der Waals surface area contributed by atoms with E-state index in [1.54, 1.807) is 11.1 Å².